The van der Waals surface area contributed by atoms with Gasteiger partial charge in [0.2, 0.25) is 0 Å². The van der Waals surface area contributed by atoms with E-state index in [-0.39, 0.29) is 11.2 Å². The number of hydrogen-bond donors (Lipinski definition) is 3. The maximum Gasteiger partial charge on any atom is 0.141 e. The number of carbonyl (C=O) groups is 1. The lowest BCUT2D eigenvalue weighted by Crippen LogP contribution is -2.35. The lowest BCUT2D eigenvalue weighted by molar-refractivity contribution is -0.127. The fourth-order valence-electron chi connectivity index (χ4n) is 7.93. The molecule has 4 aliphatic rings. The lowest BCUT2D eigenvalue weighted by atomic mass is 9.61. The Labute approximate surface area is 219 Å². The standard InChI is InChI=1S/C32H50O4/c1-4-5-6-9-29(35)32(17-18-32)30(36)15-10-22(2)27-13-14-28-24(8-7-16-31(27,28)3)12-11-23-19-25(33)21-26(34)20-23/h10-12,15,22,25-28,30,33-34,36H,4-9,13-14,16-21H2,1-3H3/b15-10+,24-12+/t22-,25-,26-,27-,28+,30+,31-/m1/s1. The number of aliphatic hydroxyl groups is 3. The zero-order chi connectivity index (χ0) is 25.9. The minimum absolute atomic E-state index is 0.260. The highest BCUT2D eigenvalue weighted by atomic mass is 16.3. The van der Waals surface area contributed by atoms with Gasteiger partial charge in [-0.1, -0.05) is 69.1 Å². The van der Waals surface area contributed by atoms with Gasteiger partial charge in [0, 0.05) is 6.42 Å². The normalized spacial score (nSPS) is 36.6. The number of carbonyl (C=O) groups excluding carboxylic acids is 1. The van der Waals surface area contributed by atoms with E-state index in [2.05, 4.69) is 39.0 Å². The van der Waals surface area contributed by atoms with Gasteiger partial charge >= 0.3 is 0 Å². The molecule has 202 valence electrons. The summed E-state index contributed by atoms with van der Waals surface area (Å²) >= 11 is 0. The van der Waals surface area contributed by atoms with Crippen molar-refractivity contribution in [1.29, 1.82) is 0 Å². The van der Waals surface area contributed by atoms with Crippen molar-refractivity contribution in [3.8, 4) is 0 Å². The van der Waals surface area contributed by atoms with Gasteiger partial charge in [-0.15, -0.1) is 0 Å². The molecular formula is C32H50O4. The van der Waals surface area contributed by atoms with Crippen LogP contribution in [0.15, 0.2) is 35.5 Å². The van der Waals surface area contributed by atoms with Crippen molar-refractivity contribution in [2.24, 2.45) is 28.6 Å². The fraction of sp³-hybridized carbons (Fsp3) is 0.781. The molecule has 0 heterocycles. The third-order valence-corrected chi connectivity index (χ3v) is 10.3. The maximum absolute atomic E-state index is 12.8. The number of Topliss-reactive ketones (excluding diaryl/α,β-unsaturated/α-hetero) is 1. The summed E-state index contributed by atoms with van der Waals surface area (Å²) in [6.07, 6.45) is 20.5. The van der Waals surface area contributed by atoms with Crippen molar-refractivity contribution < 1.29 is 20.1 Å². The van der Waals surface area contributed by atoms with Crippen molar-refractivity contribution in [3.05, 3.63) is 35.5 Å². The average Bonchev–Trinajstić information content (AvgIpc) is 3.57. The third-order valence-electron chi connectivity index (χ3n) is 10.3. The highest BCUT2D eigenvalue weighted by Crippen LogP contribution is 2.59. The second-order valence-corrected chi connectivity index (χ2v) is 12.8. The second-order valence-electron chi connectivity index (χ2n) is 12.8. The number of rotatable bonds is 10. The van der Waals surface area contributed by atoms with Crippen LogP contribution in [-0.4, -0.2) is 39.4 Å². The van der Waals surface area contributed by atoms with E-state index in [1.165, 1.54) is 31.3 Å². The molecule has 4 nitrogen and oxygen atoms in total. The van der Waals surface area contributed by atoms with Crippen LogP contribution in [0.3, 0.4) is 0 Å². The Bertz CT molecular complexity index is 853. The molecule has 4 saturated carbocycles. The Kier molecular flexibility index (Phi) is 9.00. The molecular weight excluding hydrogens is 448 g/mol. The van der Waals surface area contributed by atoms with Gasteiger partial charge in [-0.2, -0.15) is 0 Å². The van der Waals surface area contributed by atoms with Crippen LogP contribution < -0.4 is 0 Å². The van der Waals surface area contributed by atoms with E-state index in [9.17, 15) is 20.1 Å². The van der Waals surface area contributed by atoms with Crippen LogP contribution in [0.5, 0.6) is 0 Å². The summed E-state index contributed by atoms with van der Waals surface area (Å²) in [7, 11) is 0. The first kappa shape index (κ1) is 27.8. The molecule has 4 fully saturated rings. The Morgan fingerprint density at radius 1 is 1.06 bits per heavy atom. The van der Waals surface area contributed by atoms with E-state index in [0.717, 1.165) is 38.5 Å². The quantitative estimate of drug-likeness (QED) is 0.239. The van der Waals surface area contributed by atoms with Crippen molar-refractivity contribution in [2.45, 2.75) is 129 Å². The smallest absolute Gasteiger partial charge is 0.141 e. The van der Waals surface area contributed by atoms with E-state index in [1.54, 1.807) is 5.57 Å². The summed E-state index contributed by atoms with van der Waals surface area (Å²) < 4.78 is 0. The summed E-state index contributed by atoms with van der Waals surface area (Å²) in [5.41, 5.74) is 2.47. The largest absolute Gasteiger partial charge is 0.393 e. The monoisotopic (exact) mass is 498 g/mol. The second kappa shape index (κ2) is 11.7. The number of fused-ring (bicyclic) bond motifs is 1. The molecule has 36 heavy (non-hydrogen) atoms. The SMILES string of the molecule is CCCCCC(=O)C1([C@@H](O)/C=C/[C@@H](C)[C@H]2CC[C@H]3/C(=C/C=C4C[C@@H](O)C[C@H](O)C4)CCC[C@]23C)CC1. The zero-order valence-corrected chi connectivity index (χ0v) is 22.9. The van der Waals surface area contributed by atoms with Gasteiger partial charge in [0.1, 0.15) is 5.78 Å². The molecule has 0 radical (unpaired) electrons. The zero-order valence-electron chi connectivity index (χ0n) is 22.9. The van der Waals surface area contributed by atoms with Crippen molar-refractivity contribution in [1.82, 2.24) is 0 Å². The predicted octanol–water partition coefficient (Wildman–Crippen LogP) is 6.44. The summed E-state index contributed by atoms with van der Waals surface area (Å²) in [5, 5.41) is 31.0. The number of unbranched alkanes of at least 4 members (excludes halogenated alkanes) is 2. The van der Waals surface area contributed by atoms with E-state index < -0.39 is 23.7 Å². The van der Waals surface area contributed by atoms with Crippen LogP contribution >= 0.6 is 0 Å². The number of ketones is 1. The predicted molar refractivity (Wildman–Crippen MR) is 145 cm³/mol. The van der Waals surface area contributed by atoms with Crippen molar-refractivity contribution in [2.75, 3.05) is 0 Å². The third kappa shape index (κ3) is 5.92. The Morgan fingerprint density at radius 2 is 1.78 bits per heavy atom. The van der Waals surface area contributed by atoms with Crippen molar-refractivity contribution >= 4 is 5.78 Å². The van der Waals surface area contributed by atoms with Gasteiger partial charge < -0.3 is 15.3 Å². The molecule has 0 aromatic carbocycles. The number of allylic oxidation sites excluding steroid dienone is 4. The molecule has 0 aliphatic heterocycles. The van der Waals surface area contributed by atoms with Gasteiger partial charge in [0.15, 0.2) is 0 Å². The summed E-state index contributed by atoms with van der Waals surface area (Å²) in [5.74, 6) is 1.81. The topological polar surface area (TPSA) is 77.8 Å². The number of hydrogen-bond acceptors (Lipinski definition) is 4. The first-order valence-electron chi connectivity index (χ1n) is 14.8. The van der Waals surface area contributed by atoms with Gasteiger partial charge in [-0.25, -0.2) is 0 Å². The van der Waals surface area contributed by atoms with E-state index in [4.69, 9.17) is 0 Å². The molecule has 4 aliphatic carbocycles. The van der Waals surface area contributed by atoms with E-state index >= 15 is 0 Å². The van der Waals surface area contributed by atoms with E-state index in [1.807, 2.05) is 6.08 Å². The summed E-state index contributed by atoms with van der Waals surface area (Å²) in [6.45, 7) is 6.93. The molecule has 0 bridgehead atoms. The first-order chi connectivity index (χ1) is 17.2. The molecule has 7 atom stereocenters. The molecule has 0 saturated heterocycles. The first-order valence-corrected chi connectivity index (χ1v) is 14.8. The van der Waals surface area contributed by atoms with Gasteiger partial charge in [-0.3, -0.25) is 4.79 Å². The van der Waals surface area contributed by atoms with Gasteiger partial charge in [0.05, 0.1) is 23.7 Å². The van der Waals surface area contributed by atoms with Crippen LogP contribution in [0, 0.1) is 28.6 Å². The van der Waals surface area contributed by atoms with Crippen LogP contribution in [-0.2, 0) is 4.79 Å². The van der Waals surface area contributed by atoms with Gasteiger partial charge in [0.25, 0.3) is 0 Å². The molecule has 0 amide bonds. The molecule has 0 spiro atoms. The molecule has 4 heteroatoms. The fourth-order valence-corrected chi connectivity index (χ4v) is 7.93. The molecule has 0 aromatic heterocycles. The molecule has 3 N–H and O–H groups in total. The van der Waals surface area contributed by atoms with E-state index in [0.29, 0.717) is 43.4 Å². The number of aliphatic hydroxyl groups excluding tert-OH is 3. The Hall–Kier alpha value is -1.23. The van der Waals surface area contributed by atoms with Crippen LogP contribution in [0.4, 0.5) is 0 Å². The summed E-state index contributed by atoms with van der Waals surface area (Å²) in [4.78, 5) is 12.8. The molecule has 4 rings (SSSR count). The maximum atomic E-state index is 12.8. The van der Waals surface area contributed by atoms with Crippen molar-refractivity contribution in [3.63, 3.8) is 0 Å². The Morgan fingerprint density at radius 3 is 2.44 bits per heavy atom. The summed E-state index contributed by atoms with van der Waals surface area (Å²) in [6, 6.07) is 0. The minimum atomic E-state index is -0.645. The molecule has 0 unspecified atom stereocenters. The van der Waals surface area contributed by atoms with Crippen LogP contribution in [0.2, 0.25) is 0 Å². The highest BCUT2D eigenvalue weighted by Gasteiger charge is 2.54. The van der Waals surface area contributed by atoms with Gasteiger partial charge in [-0.05, 0) is 93.8 Å². The lowest BCUT2D eigenvalue weighted by Gasteiger charge is -2.44. The Balaban J connectivity index is 1.40. The molecule has 0 aromatic rings. The van der Waals surface area contributed by atoms with Crippen LogP contribution in [0.25, 0.3) is 0 Å². The highest BCUT2D eigenvalue weighted by molar-refractivity contribution is 5.88. The minimum Gasteiger partial charge on any atom is -0.393 e. The average molecular weight is 499 g/mol. The van der Waals surface area contributed by atoms with Crippen LogP contribution in [0.1, 0.15) is 111 Å².